The number of hydrogen-bond donors (Lipinski definition) is 1. The van der Waals surface area contributed by atoms with Crippen molar-refractivity contribution in [3.63, 3.8) is 0 Å². The summed E-state index contributed by atoms with van der Waals surface area (Å²) in [6, 6.07) is 24.5. The van der Waals surface area contributed by atoms with Crippen LogP contribution in [0.3, 0.4) is 0 Å². The monoisotopic (exact) mass is 527 g/mol. The predicted molar refractivity (Wildman–Crippen MR) is 146 cm³/mol. The van der Waals surface area contributed by atoms with E-state index in [9.17, 15) is 19.6 Å². The fourth-order valence-corrected chi connectivity index (χ4v) is 5.18. The zero-order valence-electron chi connectivity index (χ0n) is 20.8. The molecule has 9 heteroatoms. The van der Waals surface area contributed by atoms with Crippen LogP contribution < -0.4 is 15.0 Å². The van der Waals surface area contributed by atoms with E-state index in [0.29, 0.717) is 29.1 Å². The van der Waals surface area contributed by atoms with Crippen LogP contribution in [0.4, 0.5) is 11.4 Å². The minimum atomic E-state index is -0.617. The molecular weight excluding hydrogens is 502 g/mol. The van der Waals surface area contributed by atoms with E-state index >= 15 is 0 Å². The molecule has 1 aliphatic heterocycles. The topological polar surface area (TPSA) is 109 Å². The van der Waals surface area contributed by atoms with Gasteiger partial charge in [0.1, 0.15) is 22.4 Å². The highest BCUT2D eigenvalue weighted by atomic mass is 32.2. The second-order valence-electron chi connectivity index (χ2n) is 8.21. The lowest BCUT2D eigenvalue weighted by Crippen LogP contribution is -2.30. The number of thioether (sulfide) groups is 1. The van der Waals surface area contributed by atoms with E-state index in [1.165, 1.54) is 16.7 Å². The number of methoxy groups -OCH3 is 1. The first kappa shape index (κ1) is 26.5. The Balaban J connectivity index is 1.63. The Morgan fingerprint density at radius 3 is 2.32 bits per heavy atom. The van der Waals surface area contributed by atoms with Gasteiger partial charge in [0.15, 0.2) is 0 Å². The van der Waals surface area contributed by atoms with Crippen LogP contribution in [0.15, 0.2) is 89.5 Å². The van der Waals surface area contributed by atoms with Crippen molar-refractivity contribution in [3.05, 3.63) is 101 Å². The third-order valence-corrected chi connectivity index (χ3v) is 7.02. The fourth-order valence-electron chi connectivity index (χ4n) is 3.87. The van der Waals surface area contributed by atoms with E-state index in [4.69, 9.17) is 9.47 Å². The molecule has 1 saturated heterocycles. The Morgan fingerprint density at radius 2 is 1.71 bits per heavy atom. The van der Waals surface area contributed by atoms with E-state index in [1.54, 1.807) is 86.8 Å². The minimum Gasteiger partial charge on any atom is -0.497 e. The van der Waals surface area contributed by atoms with E-state index < -0.39 is 17.1 Å². The lowest BCUT2D eigenvalue weighted by Gasteiger charge is -2.18. The van der Waals surface area contributed by atoms with Crippen molar-refractivity contribution in [2.45, 2.75) is 18.6 Å². The van der Waals surface area contributed by atoms with Gasteiger partial charge in [0.05, 0.1) is 24.5 Å². The number of carbonyl (C=O) groups excluding carboxylic acids is 3. The number of hydrogen-bond acceptors (Lipinski definition) is 7. The predicted octanol–water partition coefficient (Wildman–Crippen LogP) is 4.94. The number of anilines is 2. The number of esters is 1. The van der Waals surface area contributed by atoms with Gasteiger partial charge in [0.25, 0.3) is 5.91 Å². The summed E-state index contributed by atoms with van der Waals surface area (Å²) in [7, 11) is 1.55. The molecule has 192 valence electrons. The van der Waals surface area contributed by atoms with Crippen molar-refractivity contribution in [1.29, 1.82) is 5.26 Å². The number of rotatable bonds is 8. The number of carbonyl (C=O) groups is 3. The molecule has 0 spiro atoms. The van der Waals surface area contributed by atoms with E-state index in [1.807, 2.05) is 12.1 Å². The molecule has 3 aromatic carbocycles. The highest BCUT2D eigenvalue weighted by Crippen LogP contribution is 2.42. The zero-order chi connectivity index (χ0) is 27.1. The maximum absolute atomic E-state index is 13.6. The quantitative estimate of drug-likeness (QED) is 0.251. The first-order valence-electron chi connectivity index (χ1n) is 11.9. The number of benzene rings is 3. The van der Waals surface area contributed by atoms with Crippen LogP contribution in [0.25, 0.3) is 0 Å². The summed E-state index contributed by atoms with van der Waals surface area (Å²) in [6.45, 7) is 2.02. The summed E-state index contributed by atoms with van der Waals surface area (Å²) < 4.78 is 10.2. The van der Waals surface area contributed by atoms with Crippen LogP contribution in [0.5, 0.6) is 5.75 Å². The van der Waals surface area contributed by atoms with Crippen molar-refractivity contribution < 1.29 is 23.9 Å². The molecule has 1 atom stereocenters. The van der Waals surface area contributed by atoms with Gasteiger partial charge in [-0.15, -0.1) is 0 Å². The summed E-state index contributed by atoms with van der Waals surface area (Å²) in [4.78, 5) is 40.2. The molecule has 0 saturated carbocycles. The standard InChI is InChI=1S/C29H25N3O5S/c1-3-37-29(35)20-11-9-19(10-12-20)17-25-27(34)32(22-7-5-4-6-8-22)28(38-25)24(18-30)26(33)31-21-13-15-23(36-2)16-14-21/h4-16,25H,3,17H2,1-2H3,(H,31,33)/b28-24-/t25-/m1/s1. The number of amides is 2. The molecule has 8 nitrogen and oxygen atoms in total. The zero-order valence-corrected chi connectivity index (χ0v) is 21.7. The van der Waals surface area contributed by atoms with Gasteiger partial charge in [0, 0.05) is 11.4 Å². The summed E-state index contributed by atoms with van der Waals surface area (Å²) in [5.74, 6) is -0.636. The third-order valence-electron chi connectivity index (χ3n) is 5.75. The smallest absolute Gasteiger partial charge is 0.338 e. The first-order valence-corrected chi connectivity index (χ1v) is 12.7. The Bertz CT molecular complexity index is 1400. The molecule has 0 aliphatic carbocycles. The second-order valence-corrected chi connectivity index (χ2v) is 9.40. The molecule has 0 radical (unpaired) electrons. The molecule has 1 N–H and O–H groups in total. The number of nitrogens with zero attached hydrogens (tertiary/aromatic N) is 2. The van der Waals surface area contributed by atoms with Gasteiger partial charge in [-0.1, -0.05) is 42.1 Å². The Kier molecular flexibility index (Phi) is 8.46. The van der Waals surface area contributed by atoms with Crippen LogP contribution in [0.1, 0.15) is 22.8 Å². The molecule has 0 unspecified atom stereocenters. The molecule has 1 aliphatic rings. The van der Waals surface area contributed by atoms with Crippen LogP contribution >= 0.6 is 11.8 Å². The molecule has 1 heterocycles. The van der Waals surface area contributed by atoms with E-state index in [0.717, 1.165) is 5.56 Å². The number of nitriles is 1. The van der Waals surface area contributed by atoms with Crippen LogP contribution in [0, 0.1) is 11.3 Å². The van der Waals surface area contributed by atoms with E-state index in [2.05, 4.69) is 5.32 Å². The third kappa shape index (κ3) is 5.88. The van der Waals surface area contributed by atoms with Gasteiger partial charge < -0.3 is 14.8 Å². The summed E-state index contributed by atoms with van der Waals surface area (Å²) in [5, 5.41) is 12.4. The Hall–Kier alpha value is -4.55. The van der Waals surface area contributed by atoms with Gasteiger partial charge in [-0.3, -0.25) is 14.5 Å². The molecule has 4 rings (SSSR count). The Labute approximate surface area is 224 Å². The summed E-state index contributed by atoms with van der Waals surface area (Å²) in [6.07, 6.45) is 0.345. The first-order chi connectivity index (χ1) is 18.4. The molecule has 38 heavy (non-hydrogen) atoms. The lowest BCUT2D eigenvalue weighted by molar-refractivity contribution is -0.117. The van der Waals surface area contributed by atoms with Gasteiger partial charge in [0.2, 0.25) is 5.91 Å². The molecule has 1 fully saturated rings. The molecular formula is C29H25N3O5S. The van der Waals surface area contributed by atoms with Crippen molar-refractivity contribution in [2.75, 3.05) is 23.9 Å². The van der Waals surface area contributed by atoms with Crippen LogP contribution in [0.2, 0.25) is 0 Å². The second kappa shape index (κ2) is 12.1. The normalized spacial score (nSPS) is 16.0. The number of nitrogens with one attached hydrogen (secondary N) is 1. The van der Waals surface area contributed by atoms with E-state index in [-0.39, 0.29) is 23.1 Å². The average Bonchev–Trinajstić information content (AvgIpc) is 3.25. The van der Waals surface area contributed by atoms with Gasteiger partial charge in [-0.25, -0.2) is 4.79 Å². The minimum absolute atomic E-state index is 0.164. The van der Waals surface area contributed by atoms with Crippen LogP contribution in [-0.2, 0) is 20.7 Å². The lowest BCUT2D eigenvalue weighted by atomic mass is 10.1. The number of ether oxygens (including phenoxy) is 2. The molecule has 2 amide bonds. The van der Waals surface area contributed by atoms with Gasteiger partial charge in [-0.2, -0.15) is 5.26 Å². The summed E-state index contributed by atoms with van der Waals surface area (Å²) >= 11 is 1.17. The average molecular weight is 528 g/mol. The highest BCUT2D eigenvalue weighted by molar-refractivity contribution is 8.05. The largest absolute Gasteiger partial charge is 0.497 e. The van der Waals surface area contributed by atoms with Crippen molar-refractivity contribution in [2.24, 2.45) is 0 Å². The Morgan fingerprint density at radius 1 is 1.03 bits per heavy atom. The van der Waals surface area contributed by atoms with Gasteiger partial charge in [-0.05, 0) is 67.4 Å². The van der Waals surface area contributed by atoms with Crippen molar-refractivity contribution in [3.8, 4) is 11.8 Å². The van der Waals surface area contributed by atoms with Crippen LogP contribution in [-0.4, -0.2) is 36.8 Å². The van der Waals surface area contributed by atoms with Crippen molar-refractivity contribution in [1.82, 2.24) is 0 Å². The molecule has 0 bridgehead atoms. The molecule has 3 aromatic rings. The maximum atomic E-state index is 13.6. The summed E-state index contributed by atoms with van der Waals surface area (Å²) in [5.41, 5.74) is 2.14. The maximum Gasteiger partial charge on any atom is 0.338 e. The van der Waals surface area contributed by atoms with Crippen molar-refractivity contribution >= 4 is 40.9 Å². The SMILES string of the molecule is CCOC(=O)c1ccc(C[C@H]2S/C(=C(/C#N)C(=O)Nc3ccc(OC)cc3)N(c3ccccc3)C2=O)cc1. The highest BCUT2D eigenvalue weighted by Gasteiger charge is 2.40. The number of para-hydroxylation sites is 1. The fraction of sp³-hybridized carbons (Fsp3) is 0.172. The molecule has 0 aromatic heterocycles. The van der Waals surface area contributed by atoms with Gasteiger partial charge >= 0.3 is 5.97 Å².